The Bertz CT molecular complexity index is 1270. The van der Waals surface area contributed by atoms with Crippen molar-refractivity contribution in [3.8, 4) is 34.0 Å². The Balaban J connectivity index is 1.43. The van der Waals surface area contributed by atoms with Gasteiger partial charge >= 0.3 is 0 Å². The molecule has 0 N–H and O–H groups in total. The van der Waals surface area contributed by atoms with Gasteiger partial charge in [0.1, 0.15) is 23.6 Å². The van der Waals surface area contributed by atoms with Crippen LogP contribution in [0.2, 0.25) is 0 Å². The van der Waals surface area contributed by atoms with Crippen molar-refractivity contribution < 1.29 is 13.3 Å². The van der Waals surface area contributed by atoms with Crippen LogP contribution in [0.4, 0.5) is 8.78 Å². The van der Waals surface area contributed by atoms with E-state index in [0.717, 1.165) is 11.6 Å². The van der Waals surface area contributed by atoms with Crippen LogP contribution in [-0.2, 0) is 6.54 Å². The molecule has 0 atom stereocenters. The van der Waals surface area contributed by atoms with Gasteiger partial charge in [-0.05, 0) is 24.3 Å². The lowest BCUT2D eigenvalue weighted by Gasteiger charge is -2.03. The number of nitrogens with zero attached hydrogens (tertiary/aromatic N) is 6. The Morgan fingerprint density at radius 2 is 1.79 bits per heavy atom. The summed E-state index contributed by atoms with van der Waals surface area (Å²) >= 11 is 0. The quantitative estimate of drug-likeness (QED) is 0.464. The second-order valence-corrected chi connectivity index (χ2v) is 6.30. The van der Waals surface area contributed by atoms with Gasteiger partial charge in [-0.25, -0.2) is 18.7 Å². The summed E-state index contributed by atoms with van der Waals surface area (Å²) in [7, 11) is 0. The molecule has 5 rings (SSSR count). The lowest BCUT2D eigenvalue weighted by molar-refractivity contribution is 0.372. The van der Waals surface area contributed by atoms with Gasteiger partial charge in [-0.15, -0.1) is 0 Å². The molecule has 0 unspecified atom stereocenters. The zero-order valence-electron chi connectivity index (χ0n) is 14.8. The Hall–Kier alpha value is -4.01. The van der Waals surface area contributed by atoms with Crippen molar-refractivity contribution in [2.24, 2.45) is 0 Å². The zero-order valence-corrected chi connectivity index (χ0v) is 14.8. The van der Waals surface area contributed by atoms with E-state index in [1.807, 2.05) is 18.2 Å². The van der Waals surface area contributed by atoms with Crippen molar-refractivity contribution in [3.63, 3.8) is 0 Å². The highest BCUT2D eigenvalue weighted by Gasteiger charge is 2.18. The predicted octanol–water partition coefficient (Wildman–Crippen LogP) is 3.82. The van der Waals surface area contributed by atoms with Gasteiger partial charge in [0.25, 0.3) is 0 Å². The first kappa shape index (κ1) is 17.1. The molecule has 9 heteroatoms. The normalized spacial score (nSPS) is 11.2. The molecule has 0 saturated heterocycles. The molecule has 142 valence electrons. The highest BCUT2D eigenvalue weighted by molar-refractivity contribution is 5.65. The van der Waals surface area contributed by atoms with Crippen molar-refractivity contribution in [1.82, 2.24) is 29.9 Å². The fourth-order valence-corrected chi connectivity index (χ4v) is 2.95. The number of halogens is 2. The van der Waals surface area contributed by atoms with Crippen LogP contribution in [0.15, 0.2) is 65.7 Å². The number of hydrogen-bond donors (Lipinski definition) is 0. The van der Waals surface area contributed by atoms with E-state index in [-0.39, 0.29) is 11.4 Å². The molecule has 0 fully saturated rings. The number of aromatic nitrogens is 6. The molecule has 0 amide bonds. The molecule has 0 radical (unpaired) electrons. The van der Waals surface area contributed by atoms with Gasteiger partial charge in [-0.3, -0.25) is 9.67 Å². The van der Waals surface area contributed by atoms with E-state index >= 15 is 0 Å². The molecule has 4 heterocycles. The van der Waals surface area contributed by atoms with Crippen LogP contribution in [0, 0.1) is 11.6 Å². The van der Waals surface area contributed by atoms with E-state index in [1.54, 1.807) is 23.3 Å². The van der Waals surface area contributed by atoms with Crippen LogP contribution in [0.5, 0.6) is 0 Å². The Morgan fingerprint density at radius 3 is 2.66 bits per heavy atom. The molecule has 29 heavy (non-hydrogen) atoms. The summed E-state index contributed by atoms with van der Waals surface area (Å²) in [6.07, 6.45) is 6.54. The zero-order chi connectivity index (χ0) is 19.8. The molecule has 2 aromatic heterocycles. The van der Waals surface area contributed by atoms with Crippen LogP contribution in [0.25, 0.3) is 34.0 Å². The molecular formula is C20H12F2N6O. The predicted molar refractivity (Wildman–Crippen MR) is 98.6 cm³/mol. The summed E-state index contributed by atoms with van der Waals surface area (Å²) < 4.78 is 34.5. The third-order valence-corrected chi connectivity index (χ3v) is 4.36. The summed E-state index contributed by atoms with van der Waals surface area (Å²) in [4.78, 5) is 12.5. The van der Waals surface area contributed by atoms with E-state index in [1.165, 1.54) is 18.3 Å². The third kappa shape index (κ3) is 3.22. The Kier molecular flexibility index (Phi) is 4.05. The minimum absolute atomic E-state index is 0.00461. The largest absolute Gasteiger partial charge is 0.359 e. The van der Waals surface area contributed by atoms with Gasteiger partial charge < -0.3 is 4.52 Å². The monoisotopic (exact) mass is 390 g/mol. The first-order valence-electron chi connectivity index (χ1n) is 8.68. The fourth-order valence-electron chi connectivity index (χ4n) is 2.95. The van der Waals surface area contributed by atoms with Crippen LogP contribution < -0.4 is 0 Å². The number of hydrogen-bond acceptors (Lipinski definition) is 6. The minimum atomic E-state index is -0.978. The molecule has 3 aromatic rings. The van der Waals surface area contributed by atoms with E-state index < -0.39 is 11.6 Å². The maximum Gasteiger partial charge on any atom is 0.169 e. The number of pyridine rings is 1. The van der Waals surface area contributed by atoms with Gasteiger partial charge in [0.15, 0.2) is 23.2 Å². The first-order valence-corrected chi connectivity index (χ1v) is 8.68. The van der Waals surface area contributed by atoms with Crippen molar-refractivity contribution in [1.29, 1.82) is 0 Å². The molecule has 7 nitrogen and oxygen atoms in total. The number of imidazole rings is 1. The van der Waals surface area contributed by atoms with Gasteiger partial charge in [0, 0.05) is 24.0 Å². The summed E-state index contributed by atoms with van der Waals surface area (Å²) in [6.45, 7) is 0.324. The summed E-state index contributed by atoms with van der Waals surface area (Å²) in [5, 5.41) is 8.34. The Labute approximate surface area is 163 Å². The molecule has 2 aliphatic rings. The lowest BCUT2D eigenvalue weighted by atomic mass is 10.2. The van der Waals surface area contributed by atoms with E-state index in [4.69, 9.17) is 4.52 Å². The maximum atomic E-state index is 14.0. The molecular weight excluding hydrogens is 378 g/mol. The molecule has 0 spiro atoms. The van der Waals surface area contributed by atoms with Gasteiger partial charge in [-0.2, -0.15) is 5.10 Å². The van der Waals surface area contributed by atoms with Crippen LogP contribution in [0.3, 0.4) is 0 Å². The lowest BCUT2D eigenvalue weighted by Crippen LogP contribution is -2.04. The van der Waals surface area contributed by atoms with E-state index in [2.05, 4.69) is 25.2 Å². The Morgan fingerprint density at radius 1 is 0.966 bits per heavy atom. The average molecular weight is 390 g/mol. The van der Waals surface area contributed by atoms with Crippen molar-refractivity contribution in [2.75, 3.05) is 0 Å². The van der Waals surface area contributed by atoms with E-state index in [0.29, 0.717) is 29.4 Å². The van der Waals surface area contributed by atoms with Crippen molar-refractivity contribution in [3.05, 3.63) is 78.6 Å². The van der Waals surface area contributed by atoms with Crippen molar-refractivity contribution >= 4 is 0 Å². The highest BCUT2D eigenvalue weighted by Crippen LogP contribution is 2.27. The molecule has 2 aliphatic heterocycles. The van der Waals surface area contributed by atoms with Crippen LogP contribution >= 0.6 is 0 Å². The van der Waals surface area contributed by atoms with Gasteiger partial charge in [0.05, 0.1) is 18.0 Å². The number of rotatable bonds is 4. The standard InChI is InChI=1S/C20H12F2N6O/c21-15-3-1-2-14(19(15)22)20-25-17-9-24-28(11-18(17)26-20)10-13-8-16(27-29-13)12-4-6-23-7-5-12/h1-9,11H,10H2. The summed E-state index contributed by atoms with van der Waals surface area (Å²) in [5.41, 5.74) is 2.58. The van der Waals surface area contributed by atoms with Crippen LogP contribution in [-0.4, -0.2) is 29.9 Å². The second kappa shape index (κ2) is 6.86. The van der Waals surface area contributed by atoms with Crippen LogP contribution in [0.1, 0.15) is 5.76 Å². The summed E-state index contributed by atoms with van der Waals surface area (Å²) in [5.74, 6) is -1.21. The van der Waals surface area contributed by atoms with Gasteiger partial charge in [-0.1, -0.05) is 11.2 Å². The van der Waals surface area contributed by atoms with Crippen molar-refractivity contribution in [2.45, 2.75) is 6.54 Å². The molecule has 0 bridgehead atoms. The summed E-state index contributed by atoms with van der Waals surface area (Å²) in [6, 6.07) is 9.39. The average Bonchev–Trinajstić information content (AvgIpc) is 3.37. The molecule has 0 saturated carbocycles. The highest BCUT2D eigenvalue weighted by atomic mass is 19.2. The fraction of sp³-hybridized carbons (Fsp3) is 0.0500. The first-order chi connectivity index (χ1) is 14.2. The minimum Gasteiger partial charge on any atom is -0.359 e. The van der Waals surface area contributed by atoms with E-state index in [9.17, 15) is 8.78 Å². The molecule has 0 aliphatic carbocycles. The smallest absolute Gasteiger partial charge is 0.169 e. The second-order valence-electron chi connectivity index (χ2n) is 6.30. The van der Waals surface area contributed by atoms with Gasteiger partial charge in [0.2, 0.25) is 0 Å². The topological polar surface area (TPSA) is 82.5 Å². The third-order valence-electron chi connectivity index (χ3n) is 4.36. The number of fused-ring (bicyclic) bond motifs is 1. The SMILES string of the molecule is Fc1cccc(-c2nc3cnn(Cc4cc(-c5ccncc5)no4)cc-3n2)c1F. The maximum absolute atomic E-state index is 14.0. The molecule has 1 aromatic carbocycles. The number of benzene rings is 1.